The smallest absolute Gasteiger partial charge is 0.338 e. The quantitative estimate of drug-likeness (QED) is 0.159. The lowest BCUT2D eigenvalue weighted by Gasteiger charge is -2.26. The van der Waals surface area contributed by atoms with Crippen molar-refractivity contribution in [3.05, 3.63) is 162 Å². The number of esters is 1. The molecule has 49 heavy (non-hydrogen) atoms. The van der Waals surface area contributed by atoms with Gasteiger partial charge in [-0.3, -0.25) is 9.36 Å². The average molecular weight is 672 g/mol. The first-order valence-electron chi connectivity index (χ1n) is 16.2. The van der Waals surface area contributed by atoms with E-state index in [9.17, 15) is 14.0 Å². The van der Waals surface area contributed by atoms with Crippen molar-refractivity contribution in [1.82, 2.24) is 9.13 Å². The van der Waals surface area contributed by atoms with Crippen molar-refractivity contribution in [2.24, 2.45) is 4.99 Å². The number of halogens is 1. The molecule has 7 nitrogen and oxygen atoms in total. The topological polar surface area (TPSA) is 74.8 Å². The molecule has 0 spiro atoms. The molecule has 7 rings (SSSR count). The zero-order valence-electron chi connectivity index (χ0n) is 27.4. The summed E-state index contributed by atoms with van der Waals surface area (Å²) in [7, 11) is 0. The number of para-hydroxylation sites is 1. The van der Waals surface area contributed by atoms with Crippen LogP contribution in [0.4, 0.5) is 4.39 Å². The Morgan fingerprint density at radius 1 is 0.918 bits per heavy atom. The average Bonchev–Trinajstić information content (AvgIpc) is 3.57. The number of ether oxygens (including phenoxy) is 2. The maximum Gasteiger partial charge on any atom is 0.338 e. The molecule has 4 aromatic carbocycles. The molecule has 0 N–H and O–H groups in total. The molecule has 2 aromatic heterocycles. The van der Waals surface area contributed by atoms with E-state index in [1.54, 1.807) is 23.6 Å². The van der Waals surface area contributed by atoms with E-state index in [-0.39, 0.29) is 23.6 Å². The number of aromatic nitrogens is 2. The molecule has 1 atom stereocenters. The molecule has 0 unspecified atom stereocenters. The van der Waals surface area contributed by atoms with Gasteiger partial charge in [-0.2, -0.15) is 0 Å². The van der Waals surface area contributed by atoms with Crippen LogP contribution in [0.1, 0.15) is 47.8 Å². The Bertz CT molecular complexity index is 2410. The maximum atomic E-state index is 14.8. The predicted molar refractivity (Wildman–Crippen MR) is 191 cm³/mol. The van der Waals surface area contributed by atoms with Crippen LogP contribution in [0.15, 0.2) is 118 Å². The van der Waals surface area contributed by atoms with Crippen LogP contribution in [0.2, 0.25) is 0 Å². The summed E-state index contributed by atoms with van der Waals surface area (Å²) in [5, 5.41) is 0.947. The maximum absolute atomic E-state index is 14.8. The third-order valence-corrected chi connectivity index (χ3v) is 9.70. The summed E-state index contributed by atoms with van der Waals surface area (Å²) in [6.07, 6.45) is 1.89. The molecule has 1 aliphatic heterocycles. The highest BCUT2D eigenvalue weighted by molar-refractivity contribution is 7.07. The van der Waals surface area contributed by atoms with Crippen LogP contribution >= 0.6 is 11.3 Å². The summed E-state index contributed by atoms with van der Waals surface area (Å²) in [6, 6.07) is 30.8. The minimum absolute atomic E-state index is 0.168. The number of hydrogen-bond acceptors (Lipinski definition) is 6. The molecule has 9 heteroatoms. The fraction of sp³-hybridized carbons (Fsp3) is 0.175. The lowest BCUT2D eigenvalue weighted by Crippen LogP contribution is -2.40. The Labute approximate surface area is 286 Å². The third-order valence-electron chi connectivity index (χ3n) is 8.72. The van der Waals surface area contributed by atoms with E-state index in [4.69, 9.17) is 14.5 Å². The predicted octanol–water partition coefficient (Wildman–Crippen LogP) is 6.78. The molecule has 0 fully saturated rings. The van der Waals surface area contributed by atoms with Crippen molar-refractivity contribution in [3.63, 3.8) is 0 Å². The third kappa shape index (κ3) is 5.91. The van der Waals surface area contributed by atoms with Gasteiger partial charge in [-0.1, -0.05) is 90.2 Å². The summed E-state index contributed by atoms with van der Waals surface area (Å²) < 4.78 is 30.2. The summed E-state index contributed by atoms with van der Waals surface area (Å²) >= 11 is 1.27. The molecule has 0 amide bonds. The van der Waals surface area contributed by atoms with Gasteiger partial charge in [0, 0.05) is 33.3 Å². The molecule has 0 saturated carbocycles. The summed E-state index contributed by atoms with van der Waals surface area (Å²) in [5.41, 5.74) is 5.21. The van der Waals surface area contributed by atoms with E-state index < -0.39 is 12.0 Å². The van der Waals surface area contributed by atoms with Crippen molar-refractivity contribution in [3.8, 4) is 5.75 Å². The molecule has 1 aliphatic rings. The van der Waals surface area contributed by atoms with Gasteiger partial charge in [0.2, 0.25) is 0 Å². The van der Waals surface area contributed by atoms with E-state index in [1.165, 1.54) is 17.4 Å². The van der Waals surface area contributed by atoms with Gasteiger partial charge in [0.1, 0.15) is 11.6 Å². The Balaban J connectivity index is 1.46. The highest BCUT2D eigenvalue weighted by Gasteiger charge is 2.35. The highest BCUT2D eigenvalue weighted by Crippen LogP contribution is 2.36. The van der Waals surface area contributed by atoms with Crippen molar-refractivity contribution in [2.75, 3.05) is 13.2 Å². The zero-order valence-corrected chi connectivity index (χ0v) is 28.2. The van der Waals surface area contributed by atoms with Gasteiger partial charge in [0.15, 0.2) is 4.80 Å². The lowest BCUT2D eigenvalue weighted by atomic mass is 9.93. The molecule has 6 aromatic rings. The minimum atomic E-state index is -0.799. The number of benzene rings is 4. The van der Waals surface area contributed by atoms with Crippen molar-refractivity contribution < 1.29 is 18.7 Å². The number of nitrogens with zero attached hydrogens (tertiary/aromatic N) is 3. The van der Waals surface area contributed by atoms with Crippen molar-refractivity contribution in [1.29, 1.82) is 0 Å². The summed E-state index contributed by atoms with van der Waals surface area (Å²) in [4.78, 5) is 33.8. The van der Waals surface area contributed by atoms with Crippen molar-refractivity contribution >= 4 is 40.0 Å². The molecule has 0 bridgehead atoms. The van der Waals surface area contributed by atoms with Crippen LogP contribution in [-0.4, -0.2) is 28.3 Å². The first-order chi connectivity index (χ1) is 23.9. The lowest BCUT2D eigenvalue weighted by molar-refractivity contribution is -0.138. The molecule has 0 saturated heterocycles. The Morgan fingerprint density at radius 3 is 2.37 bits per heavy atom. The second-order valence-corrected chi connectivity index (χ2v) is 12.6. The van der Waals surface area contributed by atoms with Gasteiger partial charge in [0.25, 0.3) is 5.56 Å². The summed E-state index contributed by atoms with van der Waals surface area (Å²) in [6.45, 7) is 6.68. The Kier molecular flexibility index (Phi) is 8.84. The monoisotopic (exact) mass is 671 g/mol. The van der Waals surface area contributed by atoms with Gasteiger partial charge in [-0.25, -0.2) is 14.2 Å². The molecule has 0 aliphatic carbocycles. The van der Waals surface area contributed by atoms with E-state index in [0.717, 1.165) is 33.3 Å². The Hall–Kier alpha value is -5.54. The fourth-order valence-corrected chi connectivity index (χ4v) is 7.42. The van der Waals surface area contributed by atoms with Crippen LogP contribution in [0, 0.1) is 12.7 Å². The van der Waals surface area contributed by atoms with Gasteiger partial charge >= 0.3 is 5.97 Å². The zero-order chi connectivity index (χ0) is 34.1. The van der Waals surface area contributed by atoms with Crippen LogP contribution < -0.4 is 19.6 Å². The van der Waals surface area contributed by atoms with Gasteiger partial charge in [-0.05, 0) is 56.7 Å². The molecular weight excluding hydrogens is 638 g/mol. The number of carbonyl (C=O) groups is 1. The van der Waals surface area contributed by atoms with E-state index in [0.29, 0.717) is 39.5 Å². The fourth-order valence-electron chi connectivity index (χ4n) is 6.44. The van der Waals surface area contributed by atoms with E-state index in [1.807, 2.05) is 105 Å². The number of rotatable bonds is 9. The second-order valence-electron chi connectivity index (χ2n) is 11.6. The van der Waals surface area contributed by atoms with Gasteiger partial charge in [-0.15, -0.1) is 0 Å². The van der Waals surface area contributed by atoms with E-state index in [2.05, 4.69) is 4.57 Å². The number of carbonyl (C=O) groups excluding carboxylic acids is 1. The highest BCUT2D eigenvalue weighted by atomic mass is 32.1. The minimum Gasteiger partial charge on any atom is -0.494 e. The standard InChI is InChI=1S/C40H34FN3O4S/c1-4-47-29-21-19-27(20-22-29)37-35(39(46)48-5-2)36(26-13-7-6-8-14-26)42-40-44(37)38(45)34(49-40)23-31-25(3)43(33-18-12-10-16-30(31)33)24-28-15-9-11-17-32(28)41/h6-23,37H,4-5,24H2,1-3H3/b34-23-/t37-/m0/s1. The van der Waals surface area contributed by atoms with E-state index >= 15 is 0 Å². The SMILES string of the molecule is CCOC(=O)C1=C(c2ccccc2)N=c2s/c(=C\c3c(C)n(Cc4ccccc4F)c4ccccc34)c(=O)n2[C@H]1c1ccc(OCC)cc1. The summed E-state index contributed by atoms with van der Waals surface area (Å²) in [5.74, 6) is -0.119. The van der Waals surface area contributed by atoms with Crippen LogP contribution in [-0.2, 0) is 16.1 Å². The van der Waals surface area contributed by atoms with Gasteiger partial charge in [0.05, 0.1) is 41.6 Å². The van der Waals surface area contributed by atoms with Crippen LogP contribution in [0.25, 0.3) is 22.7 Å². The first-order valence-corrected chi connectivity index (χ1v) is 17.0. The number of thiazole rings is 1. The van der Waals surface area contributed by atoms with Crippen LogP contribution in [0.5, 0.6) is 5.75 Å². The second kappa shape index (κ2) is 13.5. The number of hydrogen-bond donors (Lipinski definition) is 0. The molecule has 0 radical (unpaired) electrons. The first kappa shape index (κ1) is 32.0. The molecule has 3 heterocycles. The number of fused-ring (bicyclic) bond motifs is 2. The molecular formula is C40H34FN3O4S. The largest absolute Gasteiger partial charge is 0.494 e. The molecule has 246 valence electrons. The van der Waals surface area contributed by atoms with Crippen molar-refractivity contribution in [2.45, 2.75) is 33.4 Å². The van der Waals surface area contributed by atoms with Crippen LogP contribution in [0.3, 0.4) is 0 Å². The van der Waals surface area contributed by atoms with Gasteiger partial charge < -0.3 is 14.0 Å². The normalized spacial score (nSPS) is 14.5. The Morgan fingerprint density at radius 2 is 1.63 bits per heavy atom.